The second-order valence-electron chi connectivity index (χ2n) is 7.51. The Labute approximate surface area is 184 Å². The van der Waals surface area contributed by atoms with Crippen molar-refractivity contribution in [2.24, 2.45) is 0 Å². The number of carbonyl (C=O) groups excluding carboxylic acids is 1. The molecule has 0 spiro atoms. The Morgan fingerprint density at radius 1 is 1.30 bits per heavy atom. The zero-order valence-electron chi connectivity index (χ0n) is 16.9. The van der Waals surface area contributed by atoms with E-state index in [1.54, 1.807) is 22.8 Å². The maximum Gasteiger partial charge on any atom is 0.262 e. The van der Waals surface area contributed by atoms with E-state index in [9.17, 15) is 9.59 Å². The standard InChI is InChI=1S/C23H24ClN3O2S/c1-2-12-27-22(29)18-11-10-16(24)13-20(18)26-23(27)30-14-21(28)25-19-9-5-7-15-6-3-4-8-17(15)19/h3-4,6,8,10-11,13,19H,2,5,7,9,12,14H2,1H3,(H,25,28). The molecule has 3 aromatic rings. The number of halogens is 1. The molecule has 0 radical (unpaired) electrons. The van der Waals surface area contributed by atoms with Crippen molar-refractivity contribution in [3.05, 3.63) is 69.0 Å². The van der Waals surface area contributed by atoms with Gasteiger partial charge in [0.2, 0.25) is 5.91 Å². The lowest BCUT2D eigenvalue weighted by atomic mass is 9.88. The highest BCUT2D eigenvalue weighted by Crippen LogP contribution is 2.29. The van der Waals surface area contributed by atoms with Crippen LogP contribution in [0.25, 0.3) is 10.9 Å². The first-order valence-corrected chi connectivity index (χ1v) is 11.6. The largest absolute Gasteiger partial charge is 0.349 e. The van der Waals surface area contributed by atoms with Crippen molar-refractivity contribution in [3.8, 4) is 0 Å². The van der Waals surface area contributed by atoms with Crippen LogP contribution in [0.5, 0.6) is 0 Å². The Morgan fingerprint density at radius 2 is 2.13 bits per heavy atom. The summed E-state index contributed by atoms with van der Waals surface area (Å²) in [6.45, 7) is 2.57. The number of nitrogens with one attached hydrogen (secondary N) is 1. The van der Waals surface area contributed by atoms with E-state index >= 15 is 0 Å². The van der Waals surface area contributed by atoms with Gasteiger partial charge in [-0.15, -0.1) is 0 Å². The number of aryl methyl sites for hydroxylation is 1. The highest BCUT2D eigenvalue weighted by atomic mass is 35.5. The van der Waals surface area contributed by atoms with Crippen LogP contribution >= 0.6 is 23.4 Å². The minimum absolute atomic E-state index is 0.0456. The van der Waals surface area contributed by atoms with Gasteiger partial charge in [0, 0.05) is 11.6 Å². The van der Waals surface area contributed by atoms with E-state index in [4.69, 9.17) is 11.6 Å². The minimum Gasteiger partial charge on any atom is -0.349 e. The molecule has 1 aliphatic rings. The van der Waals surface area contributed by atoms with Crippen molar-refractivity contribution in [1.82, 2.24) is 14.9 Å². The summed E-state index contributed by atoms with van der Waals surface area (Å²) in [6, 6.07) is 13.4. The van der Waals surface area contributed by atoms with Crippen LogP contribution in [0.4, 0.5) is 0 Å². The molecule has 0 saturated carbocycles. The maximum absolute atomic E-state index is 12.9. The fourth-order valence-electron chi connectivity index (χ4n) is 3.97. The van der Waals surface area contributed by atoms with Crippen molar-refractivity contribution in [2.45, 2.75) is 50.4 Å². The van der Waals surface area contributed by atoms with Gasteiger partial charge in [-0.05, 0) is 55.0 Å². The summed E-state index contributed by atoms with van der Waals surface area (Å²) in [5.74, 6) is 0.158. The third-order valence-corrected chi connectivity index (χ3v) is 6.58. The highest BCUT2D eigenvalue weighted by Gasteiger charge is 2.22. The van der Waals surface area contributed by atoms with Crippen LogP contribution in [0, 0.1) is 0 Å². The molecule has 1 atom stereocenters. The maximum atomic E-state index is 12.9. The van der Waals surface area contributed by atoms with Gasteiger partial charge in [-0.1, -0.05) is 54.6 Å². The molecule has 0 bridgehead atoms. The van der Waals surface area contributed by atoms with Crippen LogP contribution in [0.3, 0.4) is 0 Å². The number of rotatable bonds is 6. The second-order valence-corrected chi connectivity index (χ2v) is 8.89. The Hall–Kier alpha value is -2.31. The molecule has 0 fully saturated rings. The molecule has 1 aromatic heterocycles. The molecule has 1 unspecified atom stereocenters. The molecular formula is C23H24ClN3O2S. The Morgan fingerprint density at radius 3 is 2.97 bits per heavy atom. The number of hydrogen-bond acceptors (Lipinski definition) is 4. The second kappa shape index (κ2) is 9.23. The molecule has 4 rings (SSSR count). The van der Waals surface area contributed by atoms with E-state index in [1.807, 2.05) is 19.1 Å². The first-order valence-electron chi connectivity index (χ1n) is 10.3. The predicted octanol–water partition coefficient (Wildman–Crippen LogP) is 4.75. The van der Waals surface area contributed by atoms with Gasteiger partial charge in [0.15, 0.2) is 5.16 Å². The molecule has 2 aromatic carbocycles. The summed E-state index contributed by atoms with van der Waals surface area (Å²) >= 11 is 7.38. The molecule has 7 heteroatoms. The lowest BCUT2D eigenvalue weighted by Gasteiger charge is -2.26. The first-order chi connectivity index (χ1) is 14.6. The van der Waals surface area contributed by atoms with E-state index in [2.05, 4.69) is 22.4 Å². The topological polar surface area (TPSA) is 64.0 Å². The highest BCUT2D eigenvalue weighted by molar-refractivity contribution is 7.99. The number of benzene rings is 2. The van der Waals surface area contributed by atoms with Gasteiger partial charge in [0.25, 0.3) is 5.56 Å². The van der Waals surface area contributed by atoms with Gasteiger partial charge >= 0.3 is 0 Å². The van der Waals surface area contributed by atoms with Crippen LogP contribution in [0.2, 0.25) is 5.02 Å². The summed E-state index contributed by atoms with van der Waals surface area (Å²) in [4.78, 5) is 30.2. The molecule has 1 aliphatic carbocycles. The van der Waals surface area contributed by atoms with Crippen molar-refractivity contribution in [2.75, 3.05) is 5.75 Å². The number of nitrogens with zero attached hydrogens (tertiary/aromatic N) is 2. The van der Waals surface area contributed by atoms with Gasteiger partial charge < -0.3 is 5.32 Å². The van der Waals surface area contributed by atoms with Gasteiger partial charge in [-0.25, -0.2) is 4.98 Å². The van der Waals surface area contributed by atoms with Gasteiger partial charge in [-0.2, -0.15) is 0 Å². The van der Waals surface area contributed by atoms with Crippen LogP contribution in [-0.2, 0) is 17.8 Å². The molecule has 30 heavy (non-hydrogen) atoms. The normalized spacial score (nSPS) is 15.7. The SMILES string of the molecule is CCCn1c(SCC(=O)NC2CCCc3ccccc32)nc2cc(Cl)ccc2c1=O. The zero-order chi connectivity index (χ0) is 21.1. The molecule has 1 heterocycles. The van der Waals surface area contributed by atoms with Crippen LogP contribution in [0.15, 0.2) is 52.4 Å². The third kappa shape index (κ3) is 4.40. The van der Waals surface area contributed by atoms with E-state index < -0.39 is 0 Å². The number of hydrogen-bond donors (Lipinski definition) is 1. The minimum atomic E-state index is -0.0948. The van der Waals surface area contributed by atoms with E-state index in [0.717, 1.165) is 25.7 Å². The average Bonchev–Trinajstić information content (AvgIpc) is 2.74. The average molecular weight is 442 g/mol. The predicted molar refractivity (Wildman–Crippen MR) is 122 cm³/mol. The Balaban J connectivity index is 1.52. The van der Waals surface area contributed by atoms with Crippen LogP contribution in [0.1, 0.15) is 43.4 Å². The van der Waals surface area contributed by atoms with Crippen LogP contribution in [-0.4, -0.2) is 21.2 Å². The zero-order valence-corrected chi connectivity index (χ0v) is 18.4. The fraction of sp³-hybridized carbons (Fsp3) is 0.348. The van der Waals surface area contributed by atoms with Crippen molar-refractivity contribution in [3.63, 3.8) is 0 Å². The van der Waals surface area contributed by atoms with Gasteiger partial charge in [0.05, 0.1) is 22.7 Å². The number of amides is 1. The quantitative estimate of drug-likeness (QED) is 0.443. The van der Waals surface area contributed by atoms with E-state index in [1.165, 1.54) is 22.9 Å². The number of aromatic nitrogens is 2. The monoisotopic (exact) mass is 441 g/mol. The lowest BCUT2D eigenvalue weighted by molar-refractivity contribution is -0.119. The molecule has 156 valence electrons. The van der Waals surface area contributed by atoms with Crippen molar-refractivity contribution in [1.29, 1.82) is 0 Å². The number of thioether (sulfide) groups is 1. The van der Waals surface area contributed by atoms with E-state index in [-0.39, 0.29) is 23.3 Å². The summed E-state index contributed by atoms with van der Waals surface area (Å²) in [6.07, 6.45) is 3.88. The molecule has 1 amide bonds. The molecule has 0 aliphatic heterocycles. The van der Waals surface area contributed by atoms with Gasteiger partial charge in [-0.3, -0.25) is 14.2 Å². The van der Waals surface area contributed by atoms with Gasteiger partial charge in [0.1, 0.15) is 0 Å². The Bertz CT molecular complexity index is 1140. The summed E-state index contributed by atoms with van der Waals surface area (Å²) in [5, 5.41) is 4.79. The molecule has 1 N–H and O–H groups in total. The third-order valence-electron chi connectivity index (χ3n) is 5.37. The summed E-state index contributed by atoms with van der Waals surface area (Å²) in [7, 11) is 0. The van der Waals surface area contributed by atoms with Crippen molar-refractivity contribution < 1.29 is 4.79 Å². The molecular weight excluding hydrogens is 418 g/mol. The number of fused-ring (bicyclic) bond motifs is 2. The summed E-state index contributed by atoms with van der Waals surface area (Å²) in [5.41, 5.74) is 2.99. The molecule has 5 nitrogen and oxygen atoms in total. The smallest absolute Gasteiger partial charge is 0.262 e. The van der Waals surface area contributed by atoms with E-state index in [0.29, 0.717) is 27.6 Å². The lowest BCUT2D eigenvalue weighted by Crippen LogP contribution is -2.32. The first kappa shape index (κ1) is 20.9. The fourth-order valence-corrected chi connectivity index (χ4v) is 4.98. The number of carbonyl (C=O) groups is 1. The Kier molecular flexibility index (Phi) is 6.44. The summed E-state index contributed by atoms with van der Waals surface area (Å²) < 4.78 is 1.66. The molecule has 0 saturated heterocycles. The van der Waals surface area contributed by atoms with Crippen molar-refractivity contribution >= 4 is 40.2 Å². The van der Waals surface area contributed by atoms with Crippen LogP contribution < -0.4 is 10.9 Å².